The number of benzene rings is 1. The van der Waals surface area contributed by atoms with E-state index in [2.05, 4.69) is 11.6 Å². The van der Waals surface area contributed by atoms with Crippen LogP contribution in [-0.4, -0.2) is 4.98 Å². The van der Waals surface area contributed by atoms with E-state index in [1.165, 1.54) is 0 Å². The van der Waals surface area contributed by atoms with Crippen LogP contribution < -0.4 is 11.5 Å². The Hall–Kier alpha value is -2.49. The van der Waals surface area contributed by atoms with Gasteiger partial charge in [0.05, 0.1) is 0 Å². The number of nitrogen functional groups attached to an aromatic ring is 1. The molecule has 0 aliphatic carbocycles. The number of rotatable bonds is 4. The van der Waals surface area contributed by atoms with E-state index in [9.17, 15) is 0 Å². The van der Waals surface area contributed by atoms with Gasteiger partial charge in [-0.05, 0) is 24.6 Å². The molecule has 4 nitrogen and oxygen atoms in total. The molecule has 1 heterocycles. The summed E-state index contributed by atoms with van der Waals surface area (Å²) >= 11 is 0. The van der Waals surface area contributed by atoms with Crippen LogP contribution in [0.2, 0.25) is 0 Å². The van der Waals surface area contributed by atoms with Gasteiger partial charge in [-0.1, -0.05) is 25.7 Å². The monoisotopic (exact) mass is 255 g/mol. The second kappa shape index (κ2) is 5.44. The van der Waals surface area contributed by atoms with Gasteiger partial charge in [0, 0.05) is 23.0 Å². The van der Waals surface area contributed by atoms with Gasteiger partial charge in [0.1, 0.15) is 5.52 Å². The van der Waals surface area contributed by atoms with Crippen LogP contribution in [0, 0.1) is 0 Å². The highest BCUT2D eigenvalue weighted by Gasteiger charge is 2.06. The first-order valence-corrected chi connectivity index (χ1v) is 6.08. The molecule has 0 aliphatic heterocycles. The van der Waals surface area contributed by atoms with Crippen molar-refractivity contribution < 1.29 is 4.42 Å². The number of hydrogen-bond donors (Lipinski definition) is 2. The van der Waals surface area contributed by atoms with Crippen molar-refractivity contribution >= 4 is 22.4 Å². The van der Waals surface area contributed by atoms with E-state index in [-0.39, 0.29) is 0 Å². The van der Waals surface area contributed by atoms with Crippen molar-refractivity contribution in [2.45, 2.75) is 13.3 Å². The lowest BCUT2D eigenvalue weighted by Gasteiger charge is -1.92. The molecule has 0 radical (unpaired) electrons. The average Bonchev–Trinajstić information content (AvgIpc) is 2.81. The first kappa shape index (κ1) is 13.0. The minimum atomic E-state index is 0.486. The van der Waals surface area contributed by atoms with Gasteiger partial charge in [0.15, 0.2) is 5.58 Å². The summed E-state index contributed by atoms with van der Waals surface area (Å²) < 4.78 is 5.60. The van der Waals surface area contributed by atoms with Gasteiger partial charge in [0.25, 0.3) is 0 Å². The molecule has 4 N–H and O–H groups in total. The summed E-state index contributed by atoms with van der Waals surface area (Å²) in [5, 5.41) is 0. The number of anilines is 1. The summed E-state index contributed by atoms with van der Waals surface area (Å²) in [5.41, 5.74) is 15.0. The van der Waals surface area contributed by atoms with Crippen LogP contribution in [0.15, 0.2) is 53.1 Å². The highest BCUT2D eigenvalue weighted by atomic mass is 16.3. The molecular weight excluding hydrogens is 238 g/mol. The quantitative estimate of drug-likeness (QED) is 0.649. The van der Waals surface area contributed by atoms with E-state index in [0.717, 1.165) is 17.6 Å². The fourth-order valence-electron chi connectivity index (χ4n) is 1.56. The van der Waals surface area contributed by atoms with Crippen LogP contribution in [0.5, 0.6) is 0 Å². The van der Waals surface area contributed by atoms with E-state index < -0.39 is 0 Å². The molecule has 0 aliphatic rings. The highest BCUT2D eigenvalue weighted by molar-refractivity contribution is 5.80. The Morgan fingerprint density at radius 2 is 2.26 bits per heavy atom. The van der Waals surface area contributed by atoms with Gasteiger partial charge >= 0.3 is 0 Å². The number of allylic oxidation sites excluding steroid dienone is 5. The molecule has 0 bridgehead atoms. The predicted octanol–water partition coefficient (Wildman–Crippen LogP) is 3.23. The van der Waals surface area contributed by atoms with Crippen LogP contribution in [0.3, 0.4) is 0 Å². The van der Waals surface area contributed by atoms with Crippen LogP contribution in [-0.2, 0) is 0 Å². The molecule has 1 aromatic carbocycles. The second-order valence-electron chi connectivity index (χ2n) is 4.23. The van der Waals surface area contributed by atoms with Gasteiger partial charge in [-0.2, -0.15) is 0 Å². The van der Waals surface area contributed by atoms with Crippen molar-refractivity contribution in [1.82, 2.24) is 4.98 Å². The van der Waals surface area contributed by atoms with Crippen LogP contribution in [0.1, 0.15) is 19.2 Å². The van der Waals surface area contributed by atoms with Crippen molar-refractivity contribution in [1.29, 1.82) is 0 Å². The topological polar surface area (TPSA) is 78.1 Å². The van der Waals surface area contributed by atoms with E-state index in [1.54, 1.807) is 12.1 Å². The smallest absolute Gasteiger partial charge is 0.226 e. The molecule has 19 heavy (non-hydrogen) atoms. The van der Waals surface area contributed by atoms with Gasteiger partial charge in [-0.15, -0.1) is 0 Å². The van der Waals surface area contributed by atoms with Gasteiger partial charge in [-0.3, -0.25) is 0 Å². The lowest BCUT2D eigenvalue weighted by Crippen LogP contribution is -1.92. The fourth-order valence-corrected chi connectivity index (χ4v) is 1.56. The minimum Gasteiger partial charge on any atom is -0.436 e. The van der Waals surface area contributed by atoms with E-state index in [0.29, 0.717) is 22.7 Å². The lowest BCUT2D eigenvalue weighted by molar-refractivity contribution is 0.586. The number of oxazole rings is 1. The maximum absolute atomic E-state index is 5.70. The Morgan fingerprint density at radius 1 is 1.47 bits per heavy atom. The van der Waals surface area contributed by atoms with Crippen molar-refractivity contribution in [3.8, 4) is 0 Å². The molecule has 0 saturated carbocycles. The largest absolute Gasteiger partial charge is 0.436 e. The van der Waals surface area contributed by atoms with Crippen LogP contribution in [0.25, 0.3) is 16.7 Å². The van der Waals surface area contributed by atoms with E-state index in [4.69, 9.17) is 15.9 Å². The Balaban J connectivity index is 2.22. The third kappa shape index (κ3) is 3.04. The summed E-state index contributed by atoms with van der Waals surface area (Å²) in [7, 11) is 0. The zero-order valence-electron chi connectivity index (χ0n) is 10.9. The molecule has 2 rings (SSSR count). The molecule has 0 saturated heterocycles. The zero-order valence-corrected chi connectivity index (χ0v) is 10.9. The first-order chi connectivity index (χ1) is 9.10. The first-order valence-electron chi connectivity index (χ1n) is 6.08. The van der Waals surface area contributed by atoms with Crippen molar-refractivity contribution in [2.24, 2.45) is 5.73 Å². The van der Waals surface area contributed by atoms with E-state index in [1.807, 2.05) is 31.2 Å². The van der Waals surface area contributed by atoms with Crippen LogP contribution >= 0.6 is 0 Å². The average molecular weight is 255 g/mol. The second-order valence-corrected chi connectivity index (χ2v) is 4.23. The number of fused-ring (bicyclic) bond motifs is 1. The van der Waals surface area contributed by atoms with Crippen LogP contribution in [0.4, 0.5) is 5.69 Å². The summed E-state index contributed by atoms with van der Waals surface area (Å²) in [5.74, 6) is 0.486. The fraction of sp³-hybridized carbons (Fsp3) is 0.133. The summed E-state index contributed by atoms with van der Waals surface area (Å²) in [6, 6.07) is 5.36. The third-order valence-electron chi connectivity index (χ3n) is 2.70. The van der Waals surface area contributed by atoms with Crippen molar-refractivity contribution in [2.75, 3.05) is 5.73 Å². The molecule has 98 valence electrons. The Bertz CT molecular complexity index is 665. The normalized spacial score (nSPS) is 12.4. The zero-order chi connectivity index (χ0) is 13.8. The van der Waals surface area contributed by atoms with Crippen molar-refractivity contribution in [3.63, 3.8) is 0 Å². The van der Waals surface area contributed by atoms with Crippen molar-refractivity contribution in [3.05, 3.63) is 54.6 Å². The molecule has 0 spiro atoms. The number of nitrogens with two attached hydrogens (primary N) is 2. The standard InChI is InChI=1S/C15H17N3O/c1-3-11(16)6-4-5-10(2)15-18-13-8-7-12(17)9-14(13)19-15/h4-9H,2-3,16-17H2,1H3/b5-4-,11-6+. The lowest BCUT2D eigenvalue weighted by atomic mass is 10.2. The maximum Gasteiger partial charge on any atom is 0.226 e. The SMILES string of the molecule is C=C(/C=C\C=C(\N)CC)c1nc2ccc(N)cc2o1. The predicted molar refractivity (Wildman–Crippen MR) is 79.2 cm³/mol. The summed E-state index contributed by atoms with van der Waals surface area (Å²) in [4.78, 5) is 4.35. The number of nitrogens with zero attached hydrogens (tertiary/aromatic N) is 1. The van der Waals surface area contributed by atoms with Gasteiger partial charge in [0.2, 0.25) is 5.89 Å². The summed E-state index contributed by atoms with van der Waals surface area (Å²) in [6.45, 7) is 5.92. The molecular formula is C15H17N3O. The minimum absolute atomic E-state index is 0.486. The third-order valence-corrected chi connectivity index (χ3v) is 2.70. The molecule has 0 amide bonds. The number of aromatic nitrogens is 1. The highest BCUT2D eigenvalue weighted by Crippen LogP contribution is 2.22. The molecule has 0 atom stereocenters. The Kier molecular flexibility index (Phi) is 3.71. The maximum atomic E-state index is 5.70. The molecule has 2 aromatic rings. The molecule has 0 fully saturated rings. The molecule has 0 unspecified atom stereocenters. The van der Waals surface area contributed by atoms with Gasteiger partial charge < -0.3 is 15.9 Å². The summed E-state index contributed by atoms with van der Waals surface area (Å²) in [6.07, 6.45) is 6.31. The molecule has 4 heteroatoms. The number of hydrogen-bond acceptors (Lipinski definition) is 4. The molecule has 1 aromatic heterocycles. The Labute approximate surface area is 112 Å². The van der Waals surface area contributed by atoms with Gasteiger partial charge in [-0.25, -0.2) is 4.98 Å². The van der Waals surface area contributed by atoms with E-state index >= 15 is 0 Å². The Morgan fingerprint density at radius 3 is 3.00 bits per heavy atom.